The largest absolute Gasteiger partial charge is 0.274 e. The van der Waals surface area contributed by atoms with E-state index in [0.717, 1.165) is 9.87 Å². The van der Waals surface area contributed by atoms with Gasteiger partial charge >= 0.3 is 0 Å². The molecule has 1 amide bonds. The molecule has 0 atom stereocenters. The van der Waals surface area contributed by atoms with E-state index >= 15 is 0 Å². The molecule has 80 valence electrons. The lowest BCUT2D eigenvalue weighted by atomic mass is 10.2. The summed E-state index contributed by atoms with van der Waals surface area (Å²) >= 11 is 0. The van der Waals surface area contributed by atoms with Crippen LogP contribution in [0.15, 0.2) is 29.2 Å². The van der Waals surface area contributed by atoms with Crippen LogP contribution in [0.4, 0.5) is 0 Å². The molecule has 1 aliphatic heterocycles. The summed E-state index contributed by atoms with van der Waals surface area (Å²) in [6.45, 7) is 2.18. The quantitative estimate of drug-likeness (QED) is 0.703. The Morgan fingerprint density at radius 2 is 1.80 bits per heavy atom. The van der Waals surface area contributed by atoms with Crippen molar-refractivity contribution >= 4 is 15.9 Å². The Morgan fingerprint density at radius 1 is 1.20 bits per heavy atom. The van der Waals surface area contributed by atoms with Gasteiger partial charge in [-0.15, -0.1) is 0 Å². The lowest BCUT2D eigenvalue weighted by Crippen LogP contribution is -2.47. The van der Waals surface area contributed by atoms with Crippen molar-refractivity contribution in [2.75, 3.05) is 6.54 Å². The molecule has 0 saturated carbocycles. The molecule has 0 radical (unpaired) electrons. The first kappa shape index (κ1) is 10.2. The topological polar surface area (TPSA) is 54.5 Å². The van der Waals surface area contributed by atoms with E-state index in [0.29, 0.717) is 13.0 Å². The van der Waals surface area contributed by atoms with Crippen LogP contribution < -0.4 is 0 Å². The van der Waals surface area contributed by atoms with Crippen LogP contribution in [0, 0.1) is 6.92 Å². The minimum atomic E-state index is -3.58. The highest BCUT2D eigenvalue weighted by Gasteiger charge is 2.35. The van der Waals surface area contributed by atoms with Crippen LogP contribution in [0.25, 0.3) is 0 Å². The predicted molar refractivity (Wildman–Crippen MR) is 54.7 cm³/mol. The van der Waals surface area contributed by atoms with Crippen molar-refractivity contribution < 1.29 is 13.2 Å². The first-order chi connectivity index (χ1) is 7.01. The van der Waals surface area contributed by atoms with E-state index in [4.69, 9.17) is 0 Å². The van der Waals surface area contributed by atoms with Crippen molar-refractivity contribution in [3.05, 3.63) is 29.8 Å². The Balaban J connectivity index is 2.37. The number of sulfonamides is 1. The molecule has 4 nitrogen and oxygen atoms in total. The molecule has 0 bridgehead atoms. The van der Waals surface area contributed by atoms with Gasteiger partial charge in [-0.05, 0) is 19.1 Å². The number of rotatable bonds is 2. The summed E-state index contributed by atoms with van der Waals surface area (Å²) in [6.07, 6.45) is 0.324. The van der Waals surface area contributed by atoms with Gasteiger partial charge in [-0.1, -0.05) is 17.7 Å². The zero-order valence-electron chi connectivity index (χ0n) is 8.30. The molecule has 2 rings (SSSR count). The minimum Gasteiger partial charge on any atom is -0.274 e. The Hall–Kier alpha value is -1.36. The summed E-state index contributed by atoms with van der Waals surface area (Å²) in [4.78, 5) is 11.2. The fourth-order valence-corrected chi connectivity index (χ4v) is 2.81. The maximum absolute atomic E-state index is 11.8. The molecular formula is C10H11NO3S. The third-order valence-electron chi connectivity index (χ3n) is 2.42. The van der Waals surface area contributed by atoms with Crippen LogP contribution in [-0.2, 0) is 14.8 Å². The molecule has 1 aliphatic rings. The van der Waals surface area contributed by atoms with Crippen LogP contribution in [0.3, 0.4) is 0 Å². The van der Waals surface area contributed by atoms with Crippen molar-refractivity contribution in [1.29, 1.82) is 0 Å². The second-order valence-electron chi connectivity index (χ2n) is 3.53. The third kappa shape index (κ3) is 1.63. The lowest BCUT2D eigenvalue weighted by Gasteiger charge is -2.29. The summed E-state index contributed by atoms with van der Waals surface area (Å²) < 4.78 is 24.6. The molecule has 15 heavy (non-hydrogen) atoms. The number of hydrogen-bond acceptors (Lipinski definition) is 3. The summed E-state index contributed by atoms with van der Waals surface area (Å²) in [6, 6.07) is 6.49. The van der Waals surface area contributed by atoms with E-state index in [1.807, 2.05) is 6.92 Å². The molecule has 1 aromatic rings. The number of β-lactam (4-membered cyclic amide) rings is 1. The van der Waals surface area contributed by atoms with Gasteiger partial charge in [0.2, 0.25) is 5.91 Å². The first-order valence-corrected chi connectivity index (χ1v) is 6.08. The van der Waals surface area contributed by atoms with Crippen molar-refractivity contribution in [2.24, 2.45) is 0 Å². The van der Waals surface area contributed by atoms with Gasteiger partial charge in [0, 0.05) is 13.0 Å². The van der Waals surface area contributed by atoms with Crippen molar-refractivity contribution in [3.8, 4) is 0 Å². The van der Waals surface area contributed by atoms with Crippen molar-refractivity contribution in [3.63, 3.8) is 0 Å². The Bertz CT molecular complexity index is 490. The van der Waals surface area contributed by atoms with Gasteiger partial charge < -0.3 is 0 Å². The first-order valence-electron chi connectivity index (χ1n) is 4.64. The van der Waals surface area contributed by atoms with Crippen LogP contribution in [0.1, 0.15) is 12.0 Å². The maximum Gasteiger partial charge on any atom is 0.266 e. The summed E-state index contributed by atoms with van der Waals surface area (Å²) in [7, 11) is -3.58. The second-order valence-corrected chi connectivity index (χ2v) is 5.40. The van der Waals surface area contributed by atoms with E-state index < -0.39 is 10.0 Å². The normalized spacial score (nSPS) is 16.3. The molecule has 0 aromatic heterocycles. The molecule has 0 aliphatic carbocycles. The minimum absolute atomic E-state index is 0.182. The highest BCUT2D eigenvalue weighted by atomic mass is 32.2. The smallest absolute Gasteiger partial charge is 0.266 e. The van der Waals surface area contributed by atoms with Gasteiger partial charge in [0.15, 0.2) is 0 Å². The molecule has 1 fully saturated rings. The average Bonchev–Trinajstić information content (AvgIpc) is 2.15. The molecule has 0 spiro atoms. The van der Waals surface area contributed by atoms with Gasteiger partial charge in [0.1, 0.15) is 0 Å². The van der Waals surface area contributed by atoms with Crippen LogP contribution >= 0.6 is 0 Å². The number of carbonyl (C=O) groups excluding carboxylic acids is 1. The molecule has 5 heteroatoms. The van der Waals surface area contributed by atoms with E-state index in [9.17, 15) is 13.2 Å². The van der Waals surface area contributed by atoms with E-state index in [1.54, 1.807) is 12.1 Å². The van der Waals surface area contributed by atoms with Gasteiger partial charge in [-0.2, -0.15) is 0 Å². The van der Waals surface area contributed by atoms with Gasteiger partial charge in [0.05, 0.1) is 4.90 Å². The fraction of sp³-hybridized carbons (Fsp3) is 0.300. The number of benzene rings is 1. The van der Waals surface area contributed by atoms with Crippen LogP contribution in [-0.4, -0.2) is 25.2 Å². The van der Waals surface area contributed by atoms with E-state index in [-0.39, 0.29) is 10.8 Å². The van der Waals surface area contributed by atoms with E-state index in [1.165, 1.54) is 12.1 Å². The van der Waals surface area contributed by atoms with E-state index in [2.05, 4.69) is 0 Å². The molecular weight excluding hydrogens is 214 g/mol. The van der Waals surface area contributed by atoms with Crippen LogP contribution in [0.5, 0.6) is 0 Å². The molecule has 1 saturated heterocycles. The average molecular weight is 225 g/mol. The highest BCUT2D eigenvalue weighted by Crippen LogP contribution is 2.22. The monoisotopic (exact) mass is 225 g/mol. The SMILES string of the molecule is Cc1ccc(S(=O)(=O)N2CCC2=O)cc1. The Kier molecular flexibility index (Phi) is 2.26. The lowest BCUT2D eigenvalue weighted by molar-refractivity contribution is -0.133. The van der Waals surface area contributed by atoms with Crippen molar-refractivity contribution in [2.45, 2.75) is 18.2 Å². The summed E-state index contributed by atoms with van der Waals surface area (Å²) in [5.41, 5.74) is 0.990. The maximum atomic E-state index is 11.8. The third-order valence-corrected chi connectivity index (χ3v) is 4.25. The number of nitrogens with zero attached hydrogens (tertiary/aromatic N) is 1. The standard InChI is InChI=1S/C10H11NO3S/c1-8-2-4-9(5-3-8)15(13,14)11-7-6-10(11)12/h2-5H,6-7H2,1H3. The second kappa shape index (κ2) is 3.34. The molecule has 0 unspecified atom stereocenters. The Morgan fingerprint density at radius 3 is 2.20 bits per heavy atom. The van der Waals surface area contributed by atoms with Crippen molar-refractivity contribution in [1.82, 2.24) is 4.31 Å². The number of amides is 1. The van der Waals surface area contributed by atoms with Gasteiger partial charge in [-0.25, -0.2) is 12.7 Å². The predicted octanol–water partition coefficient (Wildman–Crippen LogP) is 0.916. The molecule has 1 heterocycles. The highest BCUT2D eigenvalue weighted by molar-refractivity contribution is 7.89. The summed E-state index contributed by atoms with van der Waals surface area (Å²) in [5, 5.41) is 0. The van der Waals surface area contributed by atoms with Gasteiger partial charge in [-0.3, -0.25) is 4.79 Å². The number of aryl methyl sites for hydroxylation is 1. The molecule has 0 N–H and O–H groups in total. The number of hydrogen-bond donors (Lipinski definition) is 0. The zero-order chi connectivity index (χ0) is 11.1. The number of carbonyl (C=O) groups is 1. The Labute approximate surface area is 88.6 Å². The summed E-state index contributed by atoms with van der Waals surface area (Å²) in [5.74, 6) is -0.324. The van der Waals surface area contributed by atoms with Gasteiger partial charge in [0.25, 0.3) is 10.0 Å². The van der Waals surface area contributed by atoms with Crippen LogP contribution in [0.2, 0.25) is 0 Å². The molecule has 1 aromatic carbocycles. The fourth-order valence-electron chi connectivity index (χ4n) is 1.39. The zero-order valence-corrected chi connectivity index (χ0v) is 9.12.